The molecule has 11 rings (SSSR count). The molecule has 1 aliphatic carbocycles. The van der Waals surface area contributed by atoms with Crippen molar-refractivity contribution in [3.05, 3.63) is 217 Å². The van der Waals surface area contributed by atoms with Crippen LogP contribution in [0.25, 0.3) is 100.0 Å². The molecule has 0 saturated carbocycles. The van der Waals surface area contributed by atoms with Crippen LogP contribution in [0.5, 0.6) is 0 Å². The van der Waals surface area contributed by atoms with E-state index >= 15 is 0 Å². The summed E-state index contributed by atoms with van der Waals surface area (Å²) in [5, 5.41) is 4.92. The molecule has 10 aromatic rings. The maximum Gasteiger partial charge on any atom is 0.161 e. The van der Waals surface area contributed by atoms with Crippen molar-refractivity contribution < 1.29 is 0 Å². The van der Waals surface area contributed by atoms with Crippen LogP contribution in [0.2, 0.25) is 0 Å². The van der Waals surface area contributed by atoms with Gasteiger partial charge in [0.1, 0.15) is 0 Å². The molecular weight excluding hydrogens is 713 g/mol. The van der Waals surface area contributed by atoms with Crippen LogP contribution in [-0.4, -0.2) is 9.97 Å². The molecule has 1 aromatic heterocycles. The molecule has 0 fully saturated rings. The van der Waals surface area contributed by atoms with Crippen LogP contribution in [0.4, 0.5) is 0 Å². The summed E-state index contributed by atoms with van der Waals surface area (Å²) in [4.78, 5) is 10.6. The number of rotatable bonds is 6. The molecule has 1 aliphatic rings. The largest absolute Gasteiger partial charge is 0.228 e. The average molecular weight is 753 g/mol. The molecule has 1 heterocycles. The van der Waals surface area contributed by atoms with Crippen LogP contribution in [0.3, 0.4) is 0 Å². The van der Waals surface area contributed by atoms with Crippen LogP contribution in [-0.2, 0) is 5.41 Å². The van der Waals surface area contributed by atoms with E-state index in [1.165, 1.54) is 71.8 Å². The minimum absolute atomic E-state index is 0.134. The quantitative estimate of drug-likeness (QED) is 0.169. The maximum absolute atomic E-state index is 5.32. The predicted molar refractivity (Wildman–Crippen MR) is 247 cm³/mol. The number of fused-ring (bicyclic) bond motifs is 6. The van der Waals surface area contributed by atoms with Gasteiger partial charge in [0.2, 0.25) is 0 Å². The summed E-state index contributed by atoms with van der Waals surface area (Å²) in [5.41, 5.74) is 17.4. The Morgan fingerprint density at radius 1 is 0.339 bits per heavy atom. The summed E-state index contributed by atoms with van der Waals surface area (Å²) in [5.74, 6) is 0.709. The van der Waals surface area contributed by atoms with Gasteiger partial charge >= 0.3 is 0 Å². The molecule has 9 aromatic carbocycles. The molecule has 59 heavy (non-hydrogen) atoms. The fourth-order valence-electron chi connectivity index (χ4n) is 9.40. The van der Waals surface area contributed by atoms with E-state index < -0.39 is 0 Å². The molecule has 0 atom stereocenters. The van der Waals surface area contributed by atoms with Crippen LogP contribution in [0.1, 0.15) is 25.0 Å². The Labute approximate surface area is 345 Å². The summed E-state index contributed by atoms with van der Waals surface area (Å²) >= 11 is 0. The zero-order valence-electron chi connectivity index (χ0n) is 33.0. The van der Waals surface area contributed by atoms with Gasteiger partial charge in [0.15, 0.2) is 5.82 Å². The van der Waals surface area contributed by atoms with Crippen molar-refractivity contribution in [2.45, 2.75) is 19.3 Å². The topological polar surface area (TPSA) is 25.8 Å². The third kappa shape index (κ3) is 5.87. The highest BCUT2D eigenvalue weighted by atomic mass is 14.9. The van der Waals surface area contributed by atoms with Crippen molar-refractivity contribution in [1.82, 2.24) is 9.97 Å². The lowest BCUT2D eigenvalue weighted by molar-refractivity contribution is 0.666. The Bertz CT molecular complexity index is 3200. The van der Waals surface area contributed by atoms with Gasteiger partial charge in [0.05, 0.1) is 11.4 Å². The predicted octanol–water partition coefficient (Wildman–Crippen LogP) is 15.1. The van der Waals surface area contributed by atoms with Gasteiger partial charge in [0, 0.05) is 22.1 Å². The summed E-state index contributed by atoms with van der Waals surface area (Å²) in [6.07, 6.45) is 0. The lowest BCUT2D eigenvalue weighted by Crippen LogP contribution is -2.15. The van der Waals surface area contributed by atoms with E-state index in [0.29, 0.717) is 5.82 Å². The fraction of sp³-hybridized carbons (Fsp3) is 0.0526. The average Bonchev–Trinajstić information content (AvgIpc) is 3.55. The molecule has 0 amide bonds. The zero-order chi connectivity index (χ0) is 39.5. The van der Waals surface area contributed by atoms with Crippen LogP contribution in [0.15, 0.2) is 206 Å². The smallest absolute Gasteiger partial charge is 0.161 e. The fourth-order valence-corrected chi connectivity index (χ4v) is 9.40. The second kappa shape index (κ2) is 13.9. The monoisotopic (exact) mass is 752 g/mol. The summed E-state index contributed by atoms with van der Waals surface area (Å²) in [7, 11) is 0. The van der Waals surface area contributed by atoms with E-state index in [9.17, 15) is 0 Å². The Morgan fingerprint density at radius 2 is 0.814 bits per heavy atom. The molecule has 0 aliphatic heterocycles. The molecule has 2 heteroatoms. The van der Waals surface area contributed by atoms with Crippen molar-refractivity contribution in [2.75, 3.05) is 0 Å². The summed E-state index contributed by atoms with van der Waals surface area (Å²) < 4.78 is 0. The van der Waals surface area contributed by atoms with Gasteiger partial charge in [-0.05, 0) is 89.3 Å². The first-order chi connectivity index (χ1) is 29.0. The highest BCUT2D eigenvalue weighted by Crippen LogP contribution is 2.55. The van der Waals surface area contributed by atoms with E-state index in [1.807, 2.05) is 6.07 Å². The van der Waals surface area contributed by atoms with E-state index in [-0.39, 0.29) is 5.41 Å². The van der Waals surface area contributed by atoms with Gasteiger partial charge in [-0.2, -0.15) is 0 Å². The van der Waals surface area contributed by atoms with Crippen molar-refractivity contribution in [3.63, 3.8) is 0 Å². The van der Waals surface area contributed by atoms with Crippen LogP contribution >= 0.6 is 0 Å². The number of hydrogen-bond donors (Lipinski definition) is 0. The SMILES string of the molecule is CC1(C)c2cccc(-c3ccc(-c4nc(-c5ccccc5)cc(-c5ccc(-c6ccc(-c7ccccc7)cc6)cc5)n4)c4ccccc34)c2-c2ccc3ccccc3c21. The van der Waals surface area contributed by atoms with E-state index in [2.05, 4.69) is 214 Å². The summed E-state index contributed by atoms with van der Waals surface area (Å²) in [6.45, 7) is 4.75. The minimum atomic E-state index is -0.134. The van der Waals surface area contributed by atoms with Gasteiger partial charge in [-0.3, -0.25) is 0 Å². The molecule has 0 radical (unpaired) electrons. The standard InChI is InChI=1S/C57H40N2/c1-57(2)51-23-13-22-48(54(51)50-33-32-41-16-9-10-19-44(41)55(50)57)47-34-35-49(46-21-12-11-20-45(46)47)56-58-52(42-17-7-4-8-18-42)36-53(59-56)43-30-28-40(29-31-43)39-26-24-38(25-27-39)37-14-5-3-6-15-37/h3-36H,1-2H3. The molecule has 278 valence electrons. The van der Waals surface area contributed by atoms with Gasteiger partial charge < -0.3 is 0 Å². The second-order valence-corrected chi connectivity index (χ2v) is 16.1. The Kier molecular flexibility index (Phi) is 8.20. The number of nitrogens with zero attached hydrogens (tertiary/aromatic N) is 2. The van der Waals surface area contributed by atoms with Gasteiger partial charge in [0.25, 0.3) is 0 Å². The van der Waals surface area contributed by atoms with Crippen molar-refractivity contribution >= 4 is 21.5 Å². The normalized spacial score (nSPS) is 12.7. The van der Waals surface area contributed by atoms with Crippen molar-refractivity contribution in [1.29, 1.82) is 0 Å². The van der Waals surface area contributed by atoms with Crippen molar-refractivity contribution in [3.8, 4) is 78.4 Å². The Hall–Kier alpha value is -7.42. The maximum atomic E-state index is 5.32. The van der Waals surface area contributed by atoms with E-state index in [4.69, 9.17) is 9.97 Å². The lowest BCUT2D eigenvalue weighted by Gasteiger charge is -2.23. The Balaban J connectivity index is 1.02. The van der Waals surface area contributed by atoms with E-state index in [1.54, 1.807) is 0 Å². The van der Waals surface area contributed by atoms with E-state index in [0.717, 1.165) is 33.5 Å². The highest BCUT2D eigenvalue weighted by Gasteiger charge is 2.38. The van der Waals surface area contributed by atoms with Gasteiger partial charge in [-0.15, -0.1) is 0 Å². The van der Waals surface area contributed by atoms with Crippen LogP contribution < -0.4 is 0 Å². The van der Waals surface area contributed by atoms with Gasteiger partial charge in [-0.25, -0.2) is 9.97 Å². The molecule has 0 N–H and O–H groups in total. The highest BCUT2D eigenvalue weighted by molar-refractivity contribution is 6.09. The second-order valence-electron chi connectivity index (χ2n) is 16.1. The van der Waals surface area contributed by atoms with Gasteiger partial charge in [-0.1, -0.05) is 208 Å². The molecule has 0 spiro atoms. The van der Waals surface area contributed by atoms with Crippen LogP contribution in [0, 0.1) is 0 Å². The molecule has 0 bridgehead atoms. The third-order valence-corrected chi connectivity index (χ3v) is 12.3. The van der Waals surface area contributed by atoms with Crippen molar-refractivity contribution in [2.24, 2.45) is 0 Å². The third-order valence-electron chi connectivity index (χ3n) is 12.3. The lowest BCUT2D eigenvalue weighted by atomic mass is 9.80. The summed E-state index contributed by atoms with van der Waals surface area (Å²) in [6, 6.07) is 74.2. The minimum Gasteiger partial charge on any atom is -0.228 e. The first-order valence-electron chi connectivity index (χ1n) is 20.4. The molecule has 2 nitrogen and oxygen atoms in total. The number of benzene rings is 9. The number of hydrogen-bond acceptors (Lipinski definition) is 2. The zero-order valence-corrected chi connectivity index (χ0v) is 33.0. The Morgan fingerprint density at radius 3 is 1.46 bits per heavy atom. The first-order valence-corrected chi connectivity index (χ1v) is 20.4. The number of aromatic nitrogens is 2. The molecule has 0 unspecified atom stereocenters. The molecule has 0 saturated heterocycles. The first kappa shape index (κ1) is 34.8. The molecular formula is C57H40N2.